The van der Waals surface area contributed by atoms with E-state index in [1.54, 1.807) is 12.1 Å². The van der Waals surface area contributed by atoms with Gasteiger partial charge in [-0.3, -0.25) is 4.79 Å². The molecular formula is C15H22N2O5S. The Balaban J connectivity index is 1.95. The van der Waals surface area contributed by atoms with Gasteiger partial charge in [-0.15, -0.1) is 0 Å². The lowest BCUT2D eigenvalue weighted by atomic mass is 10.2. The zero-order valence-corrected chi connectivity index (χ0v) is 14.1. The van der Waals surface area contributed by atoms with Crippen molar-refractivity contribution >= 4 is 21.6 Å². The molecule has 0 aliphatic carbocycles. The summed E-state index contributed by atoms with van der Waals surface area (Å²) in [5.41, 5.74) is 0.536. The van der Waals surface area contributed by atoms with Crippen LogP contribution in [0.3, 0.4) is 0 Å². The third-order valence-electron chi connectivity index (χ3n) is 3.55. The first-order valence-electron chi connectivity index (χ1n) is 7.47. The van der Waals surface area contributed by atoms with Gasteiger partial charge in [0.1, 0.15) is 6.10 Å². The molecule has 0 radical (unpaired) electrons. The molecule has 1 heterocycles. The van der Waals surface area contributed by atoms with E-state index in [1.807, 2.05) is 6.92 Å². The minimum absolute atomic E-state index is 0.0939. The number of hydrogen-bond donors (Lipinski definition) is 2. The predicted molar refractivity (Wildman–Crippen MR) is 85.7 cm³/mol. The van der Waals surface area contributed by atoms with Crippen molar-refractivity contribution in [2.75, 3.05) is 25.6 Å². The van der Waals surface area contributed by atoms with Crippen molar-refractivity contribution < 1.29 is 22.7 Å². The number of nitrogens with one attached hydrogen (secondary N) is 2. The van der Waals surface area contributed by atoms with Crippen LogP contribution in [-0.2, 0) is 24.3 Å². The normalized spacial score (nSPS) is 21.3. The average Bonchev–Trinajstić information content (AvgIpc) is 2.95. The van der Waals surface area contributed by atoms with Gasteiger partial charge >= 0.3 is 0 Å². The maximum absolute atomic E-state index is 12.0. The summed E-state index contributed by atoms with van der Waals surface area (Å²) in [6, 6.07) is 6.01. The van der Waals surface area contributed by atoms with Gasteiger partial charge in [-0.1, -0.05) is 0 Å². The number of rotatable bonds is 7. The summed E-state index contributed by atoms with van der Waals surface area (Å²) < 4.78 is 36.8. The molecule has 2 rings (SSSR count). The van der Waals surface area contributed by atoms with Crippen LogP contribution >= 0.6 is 0 Å². The molecule has 0 aromatic heterocycles. The Morgan fingerprint density at radius 3 is 2.57 bits per heavy atom. The molecule has 0 bridgehead atoms. The highest BCUT2D eigenvalue weighted by Gasteiger charge is 2.28. The highest BCUT2D eigenvalue weighted by atomic mass is 32.2. The molecule has 2 atom stereocenters. The topological polar surface area (TPSA) is 93.7 Å². The molecule has 0 saturated carbocycles. The summed E-state index contributed by atoms with van der Waals surface area (Å²) in [7, 11) is -2.07. The van der Waals surface area contributed by atoms with Crippen LogP contribution in [0.25, 0.3) is 0 Å². The number of anilines is 1. The molecule has 8 heteroatoms. The first kappa shape index (κ1) is 17.9. The van der Waals surface area contributed by atoms with Crippen molar-refractivity contribution in [3.05, 3.63) is 24.3 Å². The highest BCUT2D eigenvalue weighted by Crippen LogP contribution is 2.21. The maximum atomic E-state index is 12.0. The third kappa shape index (κ3) is 5.00. The van der Waals surface area contributed by atoms with Crippen molar-refractivity contribution in [2.45, 2.75) is 36.9 Å². The molecule has 1 fully saturated rings. The number of benzene rings is 1. The van der Waals surface area contributed by atoms with Crippen LogP contribution in [0.1, 0.15) is 19.8 Å². The van der Waals surface area contributed by atoms with E-state index in [2.05, 4.69) is 10.0 Å². The van der Waals surface area contributed by atoms with E-state index in [4.69, 9.17) is 9.47 Å². The van der Waals surface area contributed by atoms with Gasteiger partial charge in [-0.05, 0) is 44.0 Å². The van der Waals surface area contributed by atoms with E-state index < -0.39 is 16.1 Å². The van der Waals surface area contributed by atoms with Gasteiger partial charge in [0.15, 0.2) is 0 Å². The predicted octanol–water partition coefficient (Wildman–Crippen LogP) is 1.12. The molecule has 1 aromatic rings. The molecule has 1 aliphatic heterocycles. The second kappa shape index (κ2) is 7.87. The van der Waals surface area contributed by atoms with E-state index in [0.717, 1.165) is 6.42 Å². The summed E-state index contributed by atoms with van der Waals surface area (Å²) in [6.45, 7) is 2.44. The second-order valence-electron chi connectivity index (χ2n) is 5.42. The van der Waals surface area contributed by atoms with Crippen LogP contribution in [0.4, 0.5) is 5.69 Å². The summed E-state index contributed by atoms with van der Waals surface area (Å²) in [6.07, 6.45) is 1.21. The van der Waals surface area contributed by atoms with E-state index in [0.29, 0.717) is 18.7 Å². The molecule has 0 unspecified atom stereocenters. The fraction of sp³-hybridized carbons (Fsp3) is 0.533. The molecule has 2 N–H and O–H groups in total. The first-order chi connectivity index (χ1) is 10.9. The third-order valence-corrected chi connectivity index (χ3v) is 5.03. The Morgan fingerprint density at radius 1 is 1.30 bits per heavy atom. The summed E-state index contributed by atoms with van der Waals surface area (Å²) in [4.78, 5) is 12.2. The standard InChI is InChI=1S/C15H22N2O5S/c1-11-3-8-14(22-11)15(18)17-12-4-6-13(7-5-12)23(19,20)16-9-10-21-2/h4-7,11,14,16H,3,8-10H2,1-2H3,(H,17,18)/t11-,14+/m0/s1. The maximum Gasteiger partial charge on any atom is 0.253 e. The van der Waals surface area contributed by atoms with Gasteiger partial charge in [0, 0.05) is 19.3 Å². The lowest BCUT2D eigenvalue weighted by Crippen LogP contribution is -2.28. The molecule has 128 valence electrons. The molecule has 0 spiro atoms. The minimum atomic E-state index is -3.57. The van der Waals surface area contributed by atoms with Crippen molar-refractivity contribution in [3.8, 4) is 0 Å². The van der Waals surface area contributed by atoms with Crippen molar-refractivity contribution in [1.82, 2.24) is 4.72 Å². The number of sulfonamides is 1. The van der Waals surface area contributed by atoms with Gasteiger partial charge in [0.2, 0.25) is 10.0 Å². The molecule has 1 aliphatic rings. The largest absolute Gasteiger partial charge is 0.383 e. The van der Waals surface area contributed by atoms with Gasteiger partial charge in [-0.2, -0.15) is 0 Å². The number of carbonyl (C=O) groups excluding carboxylic acids is 1. The van der Waals surface area contributed by atoms with Gasteiger partial charge in [-0.25, -0.2) is 13.1 Å². The zero-order valence-electron chi connectivity index (χ0n) is 13.2. The van der Waals surface area contributed by atoms with Crippen molar-refractivity contribution in [1.29, 1.82) is 0 Å². The Labute approximate surface area is 136 Å². The number of ether oxygens (including phenoxy) is 2. The van der Waals surface area contributed by atoms with Gasteiger partial charge < -0.3 is 14.8 Å². The number of amides is 1. The smallest absolute Gasteiger partial charge is 0.253 e. The molecule has 23 heavy (non-hydrogen) atoms. The minimum Gasteiger partial charge on any atom is -0.383 e. The van der Waals surface area contributed by atoms with Crippen LogP contribution in [0.2, 0.25) is 0 Å². The Morgan fingerprint density at radius 2 is 2.00 bits per heavy atom. The van der Waals surface area contributed by atoms with E-state index >= 15 is 0 Å². The van der Waals surface area contributed by atoms with Crippen LogP contribution in [-0.4, -0.2) is 46.8 Å². The quantitative estimate of drug-likeness (QED) is 0.724. The second-order valence-corrected chi connectivity index (χ2v) is 7.18. The van der Waals surface area contributed by atoms with E-state index in [9.17, 15) is 13.2 Å². The molecule has 1 aromatic carbocycles. The average molecular weight is 342 g/mol. The summed E-state index contributed by atoms with van der Waals surface area (Å²) >= 11 is 0. The number of carbonyl (C=O) groups is 1. The highest BCUT2D eigenvalue weighted by molar-refractivity contribution is 7.89. The van der Waals surface area contributed by atoms with E-state index in [1.165, 1.54) is 19.2 Å². The monoisotopic (exact) mass is 342 g/mol. The Kier molecular flexibility index (Phi) is 6.11. The lowest BCUT2D eigenvalue weighted by Gasteiger charge is -2.12. The summed E-state index contributed by atoms with van der Waals surface area (Å²) in [5, 5.41) is 2.74. The summed E-state index contributed by atoms with van der Waals surface area (Å²) in [5.74, 6) is -0.205. The van der Waals surface area contributed by atoms with E-state index in [-0.39, 0.29) is 23.5 Å². The number of hydrogen-bond acceptors (Lipinski definition) is 5. The fourth-order valence-electron chi connectivity index (χ4n) is 2.30. The van der Waals surface area contributed by atoms with Gasteiger partial charge in [0.05, 0.1) is 17.6 Å². The lowest BCUT2D eigenvalue weighted by molar-refractivity contribution is -0.126. The first-order valence-corrected chi connectivity index (χ1v) is 8.95. The zero-order chi connectivity index (χ0) is 16.9. The van der Waals surface area contributed by atoms with Crippen LogP contribution in [0.15, 0.2) is 29.2 Å². The molecule has 1 amide bonds. The van der Waals surface area contributed by atoms with Crippen molar-refractivity contribution in [3.63, 3.8) is 0 Å². The van der Waals surface area contributed by atoms with Crippen LogP contribution < -0.4 is 10.0 Å². The SMILES string of the molecule is COCCNS(=O)(=O)c1ccc(NC(=O)[C@H]2CC[C@H](C)O2)cc1. The number of methoxy groups -OCH3 is 1. The Bertz CT molecular complexity index is 630. The molecule has 7 nitrogen and oxygen atoms in total. The van der Waals surface area contributed by atoms with Crippen LogP contribution in [0, 0.1) is 0 Å². The Hall–Kier alpha value is -1.48. The fourth-order valence-corrected chi connectivity index (χ4v) is 3.31. The van der Waals surface area contributed by atoms with Crippen molar-refractivity contribution in [2.24, 2.45) is 0 Å². The van der Waals surface area contributed by atoms with Gasteiger partial charge in [0.25, 0.3) is 5.91 Å². The molecular weight excluding hydrogens is 320 g/mol. The van der Waals surface area contributed by atoms with Crippen LogP contribution in [0.5, 0.6) is 0 Å². The molecule has 1 saturated heterocycles.